The Balaban J connectivity index is 2.69. The molecule has 0 aliphatic carbocycles. The van der Waals surface area contributed by atoms with Crippen LogP contribution in [0.15, 0.2) is 0 Å². The lowest BCUT2D eigenvalue weighted by Crippen LogP contribution is -2.48. The number of carboxylic acid groups (broad SMARTS) is 1. The molecule has 0 bridgehead atoms. The summed E-state index contributed by atoms with van der Waals surface area (Å²) in [7, 11) is 0. The van der Waals surface area contributed by atoms with Gasteiger partial charge in [-0.3, -0.25) is 9.69 Å². The number of aliphatic carboxylic acids is 1. The summed E-state index contributed by atoms with van der Waals surface area (Å²) in [6.07, 6.45) is -0.456. The SMILES string of the molecule is CC(C)(C)OC(=O)C1CCCN1C(O)C(=O)O. The monoisotopic (exact) mass is 245 g/mol. The van der Waals surface area contributed by atoms with Crippen LogP contribution < -0.4 is 0 Å². The summed E-state index contributed by atoms with van der Waals surface area (Å²) in [5, 5.41) is 18.2. The third-order valence-electron chi connectivity index (χ3n) is 2.51. The van der Waals surface area contributed by atoms with E-state index >= 15 is 0 Å². The Labute approximate surface area is 100 Å². The van der Waals surface area contributed by atoms with Crippen molar-refractivity contribution in [2.75, 3.05) is 6.54 Å². The van der Waals surface area contributed by atoms with Gasteiger partial charge in [0.2, 0.25) is 6.23 Å². The van der Waals surface area contributed by atoms with Gasteiger partial charge in [0, 0.05) is 6.54 Å². The molecular weight excluding hydrogens is 226 g/mol. The molecule has 0 aromatic carbocycles. The second-order valence-electron chi connectivity index (χ2n) is 5.14. The van der Waals surface area contributed by atoms with Gasteiger partial charge in [-0.15, -0.1) is 0 Å². The first-order chi connectivity index (χ1) is 7.72. The van der Waals surface area contributed by atoms with Gasteiger partial charge in [-0.1, -0.05) is 0 Å². The Kier molecular flexibility index (Phi) is 4.11. The maximum Gasteiger partial charge on any atom is 0.348 e. The van der Waals surface area contributed by atoms with E-state index in [-0.39, 0.29) is 0 Å². The van der Waals surface area contributed by atoms with Crippen molar-refractivity contribution in [3.8, 4) is 0 Å². The number of likely N-dealkylation sites (tertiary alicyclic amines) is 1. The van der Waals surface area contributed by atoms with Crippen molar-refractivity contribution in [2.45, 2.75) is 51.5 Å². The average molecular weight is 245 g/mol. The van der Waals surface area contributed by atoms with Crippen molar-refractivity contribution in [1.82, 2.24) is 4.90 Å². The van der Waals surface area contributed by atoms with Crippen LogP contribution in [0.4, 0.5) is 0 Å². The van der Waals surface area contributed by atoms with E-state index in [2.05, 4.69) is 0 Å². The lowest BCUT2D eigenvalue weighted by Gasteiger charge is -2.28. The third-order valence-corrected chi connectivity index (χ3v) is 2.51. The molecule has 2 N–H and O–H groups in total. The molecule has 1 heterocycles. The summed E-state index contributed by atoms with van der Waals surface area (Å²) in [4.78, 5) is 23.8. The summed E-state index contributed by atoms with van der Waals surface area (Å²) in [6.45, 7) is 5.63. The molecule has 17 heavy (non-hydrogen) atoms. The van der Waals surface area contributed by atoms with Crippen LogP contribution in [0.3, 0.4) is 0 Å². The first-order valence-corrected chi connectivity index (χ1v) is 5.62. The van der Waals surface area contributed by atoms with Gasteiger partial charge in [0.25, 0.3) is 0 Å². The van der Waals surface area contributed by atoms with E-state index in [0.29, 0.717) is 19.4 Å². The largest absolute Gasteiger partial charge is 0.478 e. The Morgan fingerprint density at radius 2 is 2.00 bits per heavy atom. The van der Waals surface area contributed by atoms with Crippen molar-refractivity contribution < 1.29 is 24.5 Å². The van der Waals surface area contributed by atoms with Gasteiger partial charge in [0.1, 0.15) is 11.6 Å². The van der Waals surface area contributed by atoms with Crippen LogP contribution in [-0.2, 0) is 14.3 Å². The Hall–Kier alpha value is -1.14. The van der Waals surface area contributed by atoms with Crippen molar-refractivity contribution in [3.05, 3.63) is 0 Å². The highest BCUT2D eigenvalue weighted by Crippen LogP contribution is 2.22. The molecule has 1 aliphatic rings. The van der Waals surface area contributed by atoms with Crippen LogP contribution in [0, 0.1) is 0 Å². The topological polar surface area (TPSA) is 87.1 Å². The summed E-state index contributed by atoms with van der Waals surface area (Å²) in [5.74, 6) is -1.82. The second kappa shape index (κ2) is 5.01. The number of esters is 1. The molecule has 1 saturated heterocycles. The number of carboxylic acids is 1. The molecule has 0 aromatic rings. The standard InChI is InChI=1S/C11H19NO5/c1-11(2,3)17-10(16)7-5-4-6-12(7)8(13)9(14)15/h7-8,13H,4-6H2,1-3H3,(H,14,15). The van der Waals surface area contributed by atoms with E-state index < -0.39 is 29.8 Å². The number of aliphatic hydroxyl groups excluding tert-OH is 1. The number of carbonyl (C=O) groups is 2. The van der Waals surface area contributed by atoms with Crippen molar-refractivity contribution in [2.24, 2.45) is 0 Å². The Bertz CT molecular complexity index is 309. The molecule has 0 amide bonds. The lowest BCUT2D eigenvalue weighted by molar-refractivity contribution is -0.170. The van der Waals surface area contributed by atoms with Crippen molar-refractivity contribution in [3.63, 3.8) is 0 Å². The molecule has 0 spiro atoms. The highest BCUT2D eigenvalue weighted by Gasteiger charge is 2.39. The second-order valence-corrected chi connectivity index (χ2v) is 5.14. The fraction of sp³-hybridized carbons (Fsp3) is 0.818. The molecule has 0 radical (unpaired) electrons. The summed E-state index contributed by atoms with van der Waals surface area (Å²) >= 11 is 0. The number of rotatable bonds is 3. The van der Waals surface area contributed by atoms with Gasteiger partial charge in [-0.2, -0.15) is 0 Å². The van der Waals surface area contributed by atoms with Crippen LogP contribution in [0.25, 0.3) is 0 Å². The number of ether oxygens (including phenoxy) is 1. The van der Waals surface area contributed by atoms with Crippen LogP contribution in [0.5, 0.6) is 0 Å². The Morgan fingerprint density at radius 3 is 2.47 bits per heavy atom. The van der Waals surface area contributed by atoms with Crippen molar-refractivity contribution in [1.29, 1.82) is 0 Å². The number of nitrogens with zero attached hydrogens (tertiary/aromatic N) is 1. The number of aliphatic hydroxyl groups is 1. The zero-order valence-corrected chi connectivity index (χ0v) is 10.3. The zero-order chi connectivity index (χ0) is 13.2. The molecule has 6 nitrogen and oxygen atoms in total. The van der Waals surface area contributed by atoms with E-state index in [9.17, 15) is 14.7 Å². The molecule has 6 heteroatoms. The maximum absolute atomic E-state index is 11.8. The van der Waals surface area contributed by atoms with Gasteiger partial charge in [-0.25, -0.2) is 4.79 Å². The Morgan fingerprint density at radius 1 is 1.41 bits per heavy atom. The molecule has 0 aromatic heterocycles. The number of carbonyl (C=O) groups excluding carboxylic acids is 1. The molecule has 1 fully saturated rings. The fourth-order valence-corrected chi connectivity index (χ4v) is 1.85. The van der Waals surface area contributed by atoms with Crippen LogP contribution >= 0.6 is 0 Å². The molecule has 0 saturated carbocycles. The smallest absolute Gasteiger partial charge is 0.348 e. The minimum atomic E-state index is -1.64. The highest BCUT2D eigenvalue weighted by molar-refractivity contribution is 5.78. The molecular formula is C11H19NO5. The summed E-state index contributed by atoms with van der Waals surface area (Å²) in [6, 6.07) is -0.666. The van der Waals surface area contributed by atoms with E-state index in [1.165, 1.54) is 4.90 Å². The van der Waals surface area contributed by atoms with Gasteiger partial charge in [-0.05, 0) is 33.6 Å². The van der Waals surface area contributed by atoms with Crippen LogP contribution in [0.2, 0.25) is 0 Å². The van der Waals surface area contributed by atoms with Gasteiger partial charge in [0.05, 0.1) is 0 Å². The predicted molar refractivity (Wildman–Crippen MR) is 59.2 cm³/mol. The van der Waals surface area contributed by atoms with Crippen LogP contribution in [-0.4, -0.2) is 51.5 Å². The third kappa shape index (κ3) is 3.67. The first kappa shape index (κ1) is 13.9. The van der Waals surface area contributed by atoms with E-state index in [1.807, 2.05) is 0 Å². The quantitative estimate of drug-likeness (QED) is 0.690. The minimum Gasteiger partial charge on any atom is -0.478 e. The van der Waals surface area contributed by atoms with E-state index in [0.717, 1.165) is 0 Å². The van der Waals surface area contributed by atoms with Crippen molar-refractivity contribution >= 4 is 11.9 Å². The maximum atomic E-state index is 11.8. The number of hydrogen-bond donors (Lipinski definition) is 2. The van der Waals surface area contributed by atoms with Gasteiger partial charge in [0.15, 0.2) is 0 Å². The molecule has 2 unspecified atom stereocenters. The molecule has 1 aliphatic heterocycles. The highest BCUT2D eigenvalue weighted by atomic mass is 16.6. The molecule has 1 rings (SSSR count). The van der Waals surface area contributed by atoms with Gasteiger partial charge >= 0.3 is 11.9 Å². The number of hydrogen-bond acceptors (Lipinski definition) is 5. The van der Waals surface area contributed by atoms with E-state index in [1.54, 1.807) is 20.8 Å². The first-order valence-electron chi connectivity index (χ1n) is 5.62. The normalized spacial score (nSPS) is 23.4. The average Bonchev–Trinajstić information content (AvgIpc) is 2.61. The van der Waals surface area contributed by atoms with Gasteiger partial charge < -0.3 is 14.9 Å². The fourth-order valence-electron chi connectivity index (χ4n) is 1.85. The molecule has 98 valence electrons. The zero-order valence-electron chi connectivity index (χ0n) is 10.3. The summed E-state index contributed by atoms with van der Waals surface area (Å²) in [5.41, 5.74) is -0.612. The minimum absolute atomic E-state index is 0.386. The van der Waals surface area contributed by atoms with Crippen LogP contribution in [0.1, 0.15) is 33.6 Å². The predicted octanol–water partition coefficient (Wildman–Crippen LogP) is 0.195. The lowest BCUT2D eigenvalue weighted by atomic mass is 10.1. The van der Waals surface area contributed by atoms with E-state index in [4.69, 9.17) is 9.84 Å². The molecule has 2 atom stereocenters. The summed E-state index contributed by atoms with van der Waals surface area (Å²) < 4.78 is 5.20.